The van der Waals surface area contributed by atoms with Gasteiger partial charge in [-0.25, -0.2) is 4.98 Å². The fraction of sp³-hybridized carbons (Fsp3) is 0.200. The molecule has 0 aromatic carbocycles. The average molecular weight is 190 g/mol. The molecule has 1 N–H and O–H groups in total. The highest BCUT2D eigenvalue weighted by molar-refractivity contribution is 6.28. The van der Waals surface area contributed by atoms with E-state index in [1.807, 2.05) is 4.98 Å². The van der Waals surface area contributed by atoms with Crippen LogP contribution in [0.1, 0.15) is 5.69 Å². The maximum absolute atomic E-state index is 10.9. The van der Waals surface area contributed by atoms with E-state index in [9.17, 15) is 14.9 Å². The highest BCUT2D eigenvalue weighted by Crippen LogP contribution is 2.09. The van der Waals surface area contributed by atoms with Crippen LogP contribution in [0, 0.1) is 17.0 Å². The molecule has 64 valence electrons. The van der Waals surface area contributed by atoms with Gasteiger partial charge in [-0.1, -0.05) is 0 Å². The predicted molar refractivity (Wildman–Crippen MR) is 41.3 cm³/mol. The van der Waals surface area contributed by atoms with Crippen molar-refractivity contribution in [2.24, 2.45) is 0 Å². The molecule has 12 heavy (non-hydrogen) atoms. The first-order valence-electron chi connectivity index (χ1n) is 2.93. The fourth-order valence-corrected chi connectivity index (χ4v) is 0.973. The van der Waals surface area contributed by atoms with Crippen molar-refractivity contribution in [1.82, 2.24) is 9.97 Å². The second-order valence-corrected chi connectivity index (χ2v) is 2.41. The molecule has 0 bridgehead atoms. The molecule has 1 aromatic heterocycles. The van der Waals surface area contributed by atoms with Crippen LogP contribution in [-0.2, 0) is 0 Å². The molecular formula is C5H4ClN3O3. The Bertz CT molecular complexity index is 386. The zero-order chi connectivity index (χ0) is 9.30. The van der Waals surface area contributed by atoms with Crippen LogP contribution in [0.25, 0.3) is 0 Å². The third kappa shape index (κ3) is 1.42. The van der Waals surface area contributed by atoms with Gasteiger partial charge in [0, 0.05) is 0 Å². The quantitative estimate of drug-likeness (QED) is 0.399. The molecule has 7 heteroatoms. The van der Waals surface area contributed by atoms with E-state index in [2.05, 4.69) is 4.98 Å². The Labute approximate surface area is 71.4 Å². The highest BCUT2D eigenvalue weighted by Gasteiger charge is 2.17. The van der Waals surface area contributed by atoms with Gasteiger partial charge in [-0.3, -0.25) is 19.9 Å². The van der Waals surface area contributed by atoms with Gasteiger partial charge in [0.1, 0.15) is 5.69 Å². The van der Waals surface area contributed by atoms with Crippen molar-refractivity contribution in [3.63, 3.8) is 0 Å². The van der Waals surface area contributed by atoms with Crippen molar-refractivity contribution >= 4 is 17.3 Å². The number of nitrogens with one attached hydrogen (secondary N) is 1. The fourth-order valence-electron chi connectivity index (χ4n) is 0.760. The minimum Gasteiger partial charge on any atom is -0.291 e. The highest BCUT2D eigenvalue weighted by atomic mass is 35.5. The van der Waals surface area contributed by atoms with E-state index in [1.165, 1.54) is 6.92 Å². The molecule has 0 aliphatic heterocycles. The molecule has 1 rings (SSSR count). The third-order valence-corrected chi connectivity index (χ3v) is 1.40. The molecule has 6 nitrogen and oxygen atoms in total. The summed E-state index contributed by atoms with van der Waals surface area (Å²) in [6.45, 7) is 1.35. The predicted octanol–water partition coefficient (Wildman–Crippen LogP) is 0.640. The summed E-state index contributed by atoms with van der Waals surface area (Å²) in [5, 5.41) is 10.1. The van der Waals surface area contributed by atoms with Crippen LogP contribution < -0.4 is 5.56 Å². The molecule has 0 unspecified atom stereocenters. The van der Waals surface area contributed by atoms with Gasteiger partial charge in [-0.05, 0) is 18.5 Å². The number of aromatic amines is 1. The van der Waals surface area contributed by atoms with Crippen molar-refractivity contribution in [2.45, 2.75) is 6.92 Å². The molecule has 0 aliphatic carbocycles. The number of hydrogen-bond donors (Lipinski definition) is 1. The van der Waals surface area contributed by atoms with Crippen LogP contribution in [-0.4, -0.2) is 14.9 Å². The second kappa shape index (κ2) is 2.90. The van der Waals surface area contributed by atoms with Crippen LogP contribution in [0.5, 0.6) is 0 Å². The van der Waals surface area contributed by atoms with Crippen LogP contribution >= 0.6 is 11.6 Å². The van der Waals surface area contributed by atoms with Gasteiger partial charge in [0.25, 0.3) is 0 Å². The summed E-state index contributed by atoms with van der Waals surface area (Å²) in [4.78, 5) is 25.9. The maximum atomic E-state index is 10.9. The standard InChI is InChI=1S/C5H4ClN3O3/c1-2-3(9(11)12)4(10)8-5(6)7-2/h1H3,(H,7,8,10). The lowest BCUT2D eigenvalue weighted by atomic mass is 10.4. The van der Waals surface area contributed by atoms with E-state index in [0.717, 1.165) is 0 Å². The SMILES string of the molecule is Cc1nc(Cl)[nH]c(=O)c1[N+](=O)[O-]. The van der Waals surface area contributed by atoms with Gasteiger partial charge in [0.2, 0.25) is 5.28 Å². The molecule has 1 heterocycles. The first kappa shape index (κ1) is 8.66. The largest absolute Gasteiger partial charge is 0.354 e. The monoisotopic (exact) mass is 189 g/mol. The summed E-state index contributed by atoms with van der Waals surface area (Å²) in [5.74, 6) is 0. The Morgan fingerprint density at radius 1 is 1.67 bits per heavy atom. The van der Waals surface area contributed by atoms with Gasteiger partial charge in [-0.2, -0.15) is 0 Å². The van der Waals surface area contributed by atoms with E-state index in [4.69, 9.17) is 11.6 Å². The van der Waals surface area contributed by atoms with Crippen LogP contribution in [0.4, 0.5) is 5.69 Å². The number of halogens is 1. The van der Waals surface area contributed by atoms with Crippen molar-refractivity contribution in [3.05, 3.63) is 31.4 Å². The Balaban J connectivity index is 3.49. The lowest BCUT2D eigenvalue weighted by Crippen LogP contribution is -2.14. The summed E-state index contributed by atoms with van der Waals surface area (Å²) in [7, 11) is 0. The van der Waals surface area contributed by atoms with Crippen molar-refractivity contribution < 1.29 is 4.92 Å². The summed E-state index contributed by atoms with van der Waals surface area (Å²) in [5.41, 5.74) is -1.40. The zero-order valence-electron chi connectivity index (χ0n) is 6.00. The van der Waals surface area contributed by atoms with Crippen LogP contribution in [0.3, 0.4) is 0 Å². The van der Waals surface area contributed by atoms with Gasteiger partial charge in [0.15, 0.2) is 0 Å². The lowest BCUT2D eigenvalue weighted by Gasteiger charge is -1.94. The Hall–Kier alpha value is -1.43. The molecule has 0 saturated carbocycles. The van der Waals surface area contributed by atoms with Gasteiger partial charge >= 0.3 is 11.2 Å². The van der Waals surface area contributed by atoms with Crippen molar-refractivity contribution in [3.8, 4) is 0 Å². The first-order chi connectivity index (χ1) is 5.52. The third-order valence-electron chi connectivity index (χ3n) is 1.22. The number of aromatic nitrogens is 2. The van der Waals surface area contributed by atoms with Crippen LogP contribution in [0.15, 0.2) is 4.79 Å². The molecule has 0 atom stereocenters. The topological polar surface area (TPSA) is 88.9 Å². The number of rotatable bonds is 1. The molecule has 1 aromatic rings. The van der Waals surface area contributed by atoms with Gasteiger partial charge in [-0.15, -0.1) is 0 Å². The Morgan fingerprint density at radius 3 is 2.67 bits per heavy atom. The van der Waals surface area contributed by atoms with Crippen LogP contribution in [0.2, 0.25) is 5.28 Å². The first-order valence-corrected chi connectivity index (χ1v) is 3.31. The Morgan fingerprint density at radius 2 is 2.25 bits per heavy atom. The second-order valence-electron chi connectivity index (χ2n) is 2.05. The number of aryl methyl sites for hydroxylation is 1. The average Bonchev–Trinajstić information content (AvgIpc) is 1.82. The normalized spacial score (nSPS) is 9.83. The molecule has 0 saturated heterocycles. The lowest BCUT2D eigenvalue weighted by molar-refractivity contribution is -0.387. The van der Waals surface area contributed by atoms with Gasteiger partial charge in [0.05, 0.1) is 4.92 Å². The summed E-state index contributed by atoms with van der Waals surface area (Å²) >= 11 is 5.34. The van der Waals surface area contributed by atoms with Crippen molar-refractivity contribution in [1.29, 1.82) is 0 Å². The molecule has 0 aliphatic rings. The van der Waals surface area contributed by atoms with E-state index < -0.39 is 16.2 Å². The van der Waals surface area contributed by atoms with E-state index in [1.54, 1.807) is 0 Å². The van der Waals surface area contributed by atoms with Crippen molar-refractivity contribution in [2.75, 3.05) is 0 Å². The zero-order valence-corrected chi connectivity index (χ0v) is 6.75. The molecule has 0 fully saturated rings. The molecule has 0 radical (unpaired) electrons. The molecule has 0 spiro atoms. The number of nitrogens with zero attached hydrogens (tertiary/aromatic N) is 2. The Kier molecular flexibility index (Phi) is 2.09. The van der Waals surface area contributed by atoms with E-state index in [-0.39, 0.29) is 11.0 Å². The smallest absolute Gasteiger partial charge is 0.291 e. The molecule has 0 amide bonds. The van der Waals surface area contributed by atoms with E-state index >= 15 is 0 Å². The minimum absolute atomic E-state index is 0.00810. The minimum atomic E-state index is -0.836. The summed E-state index contributed by atoms with van der Waals surface area (Å²) in [6.07, 6.45) is 0. The number of H-pyrrole nitrogens is 1. The summed E-state index contributed by atoms with van der Waals surface area (Å²) < 4.78 is 0. The van der Waals surface area contributed by atoms with E-state index in [0.29, 0.717) is 0 Å². The molecular weight excluding hydrogens is 186 g/mol. The number of nitro groups is 1. The van der Waals surface area contributed by atoms with Gasteiger partial charge < -0.3 is 0 Å². The number of hydrogen-bond acceptors (Lipinski definition) is 4. The maximum Gasteiger partial charge on any atom is 0.354 e. The summed E-state index contributed by atoms with van der Waals surface area (Å²) in [6, 6.07) is 0.